The molecule has 0 aliphatic carbocycles. The van der Waals surface area contributed by atoms with Crippen LogP contribution in [0, 0.1) is 5.92 Å². The summed E-state index contributed by atoms with van der Waals surface area (Å²) in [5, 5.41) is 4.43. The van der Waals surface area contributed by atoms with E-state index < -0.39 is 0 Å². The number of halogens is 1. The predicted molar refractivity (Wildman–Crippen MR) is 83.7 cm³/mol. The Morgan fingerprint density at radius 3 is 2.68 bits per heavy atom. The van der Waals surface area contributed by atoms with Gasteiger partial charge in [-0.3, -0.25) is 4.98 Å². The van der Waals surface area contributed by atoms with Crippen molar-refractivity contribution in [3.05, 3.63) is 29.0 Å². The van der Waals surface area contributed by atoms with Gasteiger partial charge in [-0.25, -0.2) is 0 Å². The molecule has 0 bridgehead atoms. The highest BCUT2D eigenvalue weighted by Crippen LogP contribution is 2.23. The number of likely N-dealkylation sites (N-methyl/N-ethyl adjacent to an activating group) is 1. The topological polar surface area (TPSA) is 24.9 Å². The van der Waals surface area contributed by atoms with E-state index in [-0.39, 0.29) is 0 Å². The van der Waals surface area contributed by atoms with Crippen molar-refractivity contribution in [2.45, 2.75) is 58.9 Å². The summed E-state index contributed by atoms with van der Waals surface area (Å²) in [5.41, 5.74) is 1.21. The maximum Gasteiger partial charge on any atom is 0.0621 e. The molecule has 19 heavy (non-hydrogen) atoms. The van der Waals surface area contributed by atoms with Crippen LogP contribution in [0.1, 0.15) is 52.0 Å². The number of nitrogens with one attached hydrogen (secondary N) is 1. The molecule has 108 valence electrons. The summed E-state index contributed by atoms with van der Waals surface area (Å²) >= 11 is 6.23. The number of nitrogens with zero attached hydrogens (tertiary/aromatic N) is 1. The molecule has 3 heteroatoms. The van der Waals surface area contributed by atoms with E-state index in [1.165, 1.54) is 31.2 Å². The molecule has 2 unspecified atom stereocenters. The monoisotopic (exact) mass is 282 g/mol. The Labute approximate surface area is 123 Å². The van der Waals surface area contributed by atoms with Gasteiger partial charge in [0.25, 0.3) is 0 Å². The minimum Gasteiger partial charge on any atom is -0.314 e. The fourth-order valence-electron chi connectivity index (χ4n) is 2.63. The van der Waals surface area contributed by atoms with E-state index in [0.29, 0.717) is 6.04 Å². The van der Waals surface area contributed by atoms with Crippen molar-refractivity contribution < 1.29 is 0 Å². The lowest BCUT2D eigenvalue weighted by atomic mass is 9.87. The Morgan fingerprint density at radius 2 is 2.11 bits per heavy atom. The molecule has 1 aromatic rings. The zero-order valence-electron chi connectivity index (χ0n) is 12.5. The molecular formula is C16H27ClN2. The first kappa shape index (κ1) is 16.5. The molecule has 0 aromatic carbocycles. The van der Waals surface area contributed by atoms with Gasteiger partial charge in [-0.2, -0.15) is 0 Å². The Hall–Kier alpha value is -0.600. The molecule has 2 nitrogen and oxygen atoms in total. The SMILES string of the molecule is CCCCC(CC)C(Cc1ccncc1Cl)NCC. The number of hydrogen-bond acceptors (Lipinski definition) is 2. The third kappa shape index (κ3) is 5.50. The van der Waals surface area contributed by atoms with Crippen LogP contribution in [0.4, 0.5) is 0 Å². The van der Waals surface area contributed by atoms with Gasteiger partial charge in [0.05, 0.1) is 5.02 Å². The summed E-state index contributed by atoms with van der Waals surface area (Å²) in [4.78, 5) is 4.06. The predicted octanol–water partition coefficient (Wildman–Crippen LogP) is 4.47. The Bertz CT molecular complexity index is 354. The second-order valence-electron chi connectivity index (χ2n) is 5.15. The van der Waals surface area contributed by atoms with Crippen LogP contribution in [0.2, 0.25) is 5.02 Å². The number of hydrogen-bond donors (Lipinski definition) is 1. The quantitative estimate of drug-likeness (QED) is 0.723. The lowest BCUT2D eigenvalue weighted by Gasteiger charge is -2.27. The molecular weight excluding hydrogens is 256 g/mol. The zero-order valence-corrected chi connectivity index (χ0v) is 13.2. The average molecular weight is 283 g/mol. The smallest absolute Gasteiger partial charge is 0.0621 e. The largest absolute Gasteiger partial charge is 0.314 e. The van der Waals surface area contributed by atoms with Crippen molar-refractivity contribution in [1.29, 1.82) is 0 Å². The maximum absolute atomic E-state index is 6.23. The minimum atomic E-state index is 0.515. The van der Waals surface area contributed by atoms with E-state index >= 15 is 0 Å². The van der Waals surface area contributed by atoms with Gasteiger partial charge in [-0.05, 0) is 36.9 Å². The molecule has 1 aromatic heterocycles. The van der Waals surface area contributed by atoms with Crippen LogP contribution in [-0.4, -0.2) is 17.6 Å². The lowest BCUT2D eigenvalue weighted by Crippen LogP contribution is -2.38. The maximum atomic E-state index is 6.23. The Balaban J connectivity index is 2.72. The molecule has 1 heterocycles. The molecule has 0 saturated carbocycles. The molecule has 0 aliphatic rings. The van der Waals surface area contributed by atoms with Crippen molar-refractivity contribution in [2.75, 3.05) is 6.54 Å². The molecule has 0 aliphatic heterocycles. The van der Waals surface area contributed by atoms with Gasteiger partial charge in [0.1, 0.15) is 0 Å². The minimum absolute atomic E-state index is 0.515. The molecule has 1 rings (SSSR count). The Morgan fingerprint density at radius 1 is 1.32 bits per heavy atom. The fourth-order valence-corrected chi connectivity index (χ4v) is 2.83. The van der Waals surface area contributed by atoms with E-state index in [1.807, 2.05) is 12.3 Å². The summed E-state index contributed by atoms with van der Waals surface area (Å²) < 4.78 is 0. The van der Waals surface area contributed by atoms with Crippen LogP contribution in [0.25, 0.3) is 0 Å². The van der Waals surface area contributed by atoms with Gasteiger partial charge in [0.15, 0.2) is 0 Å². The van der Waals surface area contributed by atoms with Crippen molar-refractivity contribution in [3.63, 3.8) is 0 Å². The first-order chi connectivity index (χ1) is 9.22. The first-order valence-electron chi connectivity index (χ1n) is 7.54. The van der Waals surface area contributed by atoms with Crippen molar-refractivity contribution in [3.8, 4) is 0 Å². The molecule has 0 saturated heterocycles. The van der Waals surface area contributed by atoms with Crippen molar-refractivity contribution in [2.24, 2.45) is 5.92 Å². The van der Waals surface area contributed by atoms with Crippen LogP contribution in [0.3, 0.4) is 0 Å². The second-order valence-corrected chi connectivity index (χ2v) is 5.55. The molecule has 0 spiro atoms. The number of rotatable bonds is 9. The molecule has 0 amide bonds. The Kier molecular flexibility index (Phi) is 8.08. The summed E-state index contributed by atoms with van der Waals surface area (Å²) in [5.74, 6) is 0.726. The van der Waals surface area contributed by atoms with Crippen LogP contribution in [-0.2, 0) is 6.42 Å². The summed E-state index contributed by atoms with van der Waals surface area (Å²) in [6, 6.07) is 2.56. The van der Waals surface area contributed by atoms with Crippen LogP contribution in [0.5, 0.6) is 0 Å². The van der Waals surface area contributed by atoms with Crippen LogP contribution >= 0.6 is 11.6 Å². The van der Waals surface area contributed by atoms with Crippen LogP contribution < -0.4 is 5.32 Å². The van der Waals surface area contributed by atoms with Gasteiger partial charge in [-0.1, -0.05) is 51.6 Å². The van der Waals surface area contributed by atoms with E-state index in [0.717, 1.165) is 23.9 Å². The number of unbranched alkanes of at least 4 members (excludes halogenated alkanes) is 1. The normalized spacial score (nSPS) is 14.3. The van der Waals surface area contributed by atoms with E-state index in [9.17, 15) is 0 Å². The highest BCUT2D eigenvalue weighted by molar-refractivity contribution is 6.31. The molecule has 2 atom stereocenters. The fraction of sp³-hybridized carbons (Fsp3) is 0.688. The number of pyridine rings is 1. The van der Waals surface area contributed by atoms with E-state index in [4.69, 9.17) is 11.6 Å². The van der Waals surface area contributed by atoms with Gasteiger partial charge in [0.2, 0.25) is 0 Å². The summed E-state index contributed by atoms with van der Waals surface area (Å²) in [6.07, 6.45) is 9.67. The summed E-state index contributed by atoms with van der Waals surface area (Å²) in [7, 11) is 0. The van der Waals surface area contributed by atoms with Gasteiger partial charge in [0, 0.05) is 18.4 Å². The van der Waals surface area contributed by atoms with Gasteiger partial charge in [-0.15, -0.1) is 0 Å². The van der Waals surface area contributed by atoms with E-state index in [1.54, 1.807) is 6.20 Å². The van der Waals surface area contributed by atoms with Crippen molar-refractivity contribution >= 4 is 11.6 Å². The molecule has 0 radical (unpaired) electrons. The number of aromatic nitrogens is 1. The standard InChI is InChI=1S/C16H27ClN2/c1-4-7-8-13(5-2)16(19-6-3)11-14-9-10-18-12-15(14)17/h9-10,12-13,16,19H,4-8,11H2,1-3H3. The third-order valence-electron chi connectivity index (χ3n) is 3.78. The average Bonchev–Trinajstić information content (AvgIpc) is 2.42. The third-order valence-corrected chi connectivity index (χ3v) is 4.12. The van der Waals surface area contributed by atoms with Gasteiger partial charge >= 0.3 is 0 Å². The highest BCUT2D eigenvalue weighted by atomic mass is 35.5. The van der Waals surface area contributed by atoms with Gasteiger partial charge < -0.3 is 5.32 Å². The highest BCUT2D eigenvalue weighted by Gasteiger charge is 2.20. The molecule has 0 fully saturated rings. The lowest BCUT2D eigenvalue weighted by molar-refractivity contribution is 0.319. The zero-order chi connectivity index (χ0) is 14.1. The summed E-state index contributed by atoms with van der Waals surface area (Å²) in [6.45, 7) is 7.73. The van der Waals surface area contributed by atoms with E-state index in [2.05, 4.69) is 31.1 Å². The van der Waals surface area contributed by atoms with Crippen LogP contribution in [0.15, 0.2) is 18.5 Å². The van der Waals surface area contributed by atoms with Crippen molar-refractivity contribution in [1.82, 2.24) is 10.3 Å². The first-order valence-corrected chi connectivity index (χ1v) is 7.92. The molecule has 1 N–H and O–H groups in total. The second kappa shape index (κ2) is 9.33.